The summed E-state index contributed by atoms with van der Waals surface area (Å²) in [5, 5.41) is 13.2. The second-order valence-electron chi connectivity index (χ2n) is 14.6. The van der Waals surface area contributed by atoms with Gasteiger partial charge in [0.05, 0.1) is 16.9 Å². The maximum Gasteiger partial charge on any atom is 0.338 e. The molecule has 0 unspecified atom stereocenters. The fourth-order valence-corrected chi connectivity index (χ4v) is 9.74. The van der Waals surface area contributed by atoms with Gasteiger partial charge in [0.1, 0.15) is 42.4 Å². The molecule has 1 aromatic carbocycles. The smallest absolute Gasteiger partial charge is 0.338 e. The Kier molecular flexibility index (Phi) is 8.61. The molecule has 0 bridgehead atoms. The van der Waals surface area contributed by atoms with Crippen molar-refractivity contribution in [3.8, 4) is 0 Å². The van der Waals surface area contributed by atoms with E-state index in [1.165, 1.54) is 20.8 Å². The Morgan fingerprint density at radius 2 is 1.38 bits per heavy atom. The number of hydrogen-bond donors (Lipinski definition) is 1. The first-order valence-electron chi connectivity index (χ1n) is 16.0. The molecular weight excluding hydrogens is 612 g/mol. The quantitative estimate of drug-likeness (QED) is 0.337. The zero-order chi connectivity index (χ0) is 34.9. The molecular formula is C35H44O12. The first kappa shape index (κ1) is 34.5. The van der Waals surface area contributed by atoms with Crippen LogP contribution in [-0.2, 0) is 47.7 Å². The average molecular weight is 657 g/mol. The van der Waals surface area contributed by atoms with Gasteiger partial charge in [0.15, 0.2) is 0 Å². The summed E-state index contributed by atoms with van der Waals surface area (Å²) in [5.74, 6) is -7.13. The van der Waals surface area contributed by atoms with Crippen molar-refractivity contribution in [3.05, 3.63) is 35.9 Å². The number of aliphatic hydroxyl groups is 1. The summed E-state index contributed by atoms with van der Waals surface area (Å²) in [7, 11) is 0. The van der Waals surface area contributed by atoms with Crippen molar-refractivity contribution in [2.45, 2.75) is 98.2 Å². The molecule has 0 aromatic heterocycles. The van der Waals surface area contributed by atoms with E-state index < -0.39 is 99.8 Å². The molecule has 256 valence electrons. The lowest BCUT2D eigenvalue weighted by Gasteiger charge is -2.63. The Balaban J connectivity index is 1.81. The number of carbonyl (C=O) groups excluding carboxylic acids is 6. The fourth-order valence-electron chi connectivity index (χ4n) is 9.74. The minimum Gasteiger partial charge on any atom is -0.465 e. The third-order valence-electron chi connectivity index (χ3n) is 11.5. The van der Waals surface area contributed by atoms with Gasteiger partial charge in [-0.25, -0.2) is 4.79 Å². The van der Waals surface area contributed by atoms with Crippen LogP contribution in [0, 0.1) is 39.9 Å². The van der Waals surface area contributed by atoms with Gasteiger partial charge in [-0.3, -0.25) is 24.0 Å². The molecule has 0 amide bonds. The molecule has 1 N–H and O–H groups in total. The normalized spacial score (nSPS) is 39.6. The number of ether oxygens (including phenoxy) is 5. The van der Waals surface area contributed by atoms with Crippen molar-refractivity contribution in [2.24, 2.45) is 39.9 Å². The van der Waals surface area contributed by atoms with Gasteiger partial charge in [-0.05, 0) is 30.9 Å². The van der Waals surface area contributed by atoms with E-state index in [0.717, 1.165) is 6.92 Å². The molecule has 12 heteroatoms. The minimum atomic E-state index is -2.29. The Hall–Kier alpha value is -3.80. The molecule has 47 heavy (non-hydrogen) atoms. The molecule has 11 atom stereocenters. The SMILES string of the molecule is CC(=O)OC[C@]12C[C@@H]3C(=O)C(C)(C)C[C@@H]3[C@@]1(C)[C@H](OC(C)=O)[C@@]1(O)[C@@H]([C@H](OC(=O)c3ccccc3)[C@H](C)[C@@H]1OC(C)=O)[C@@H]2OC(C)=O. The summed E-state index contributed by atoms with van der Waals surface area (Å²) in [5.41, 5.74) is -5.65. The van der Waals surface area contributed by atoms with Crippen LogP contribution in [0.1, 0.15) is 78.6 Å². The third-order valence-corrected chi connectivity index (χ3v) is 11.5. The van der Waals surface area contributed by atoms with Gasteiger partial charge in [0, 0.05) is 50.4 Å². The lowest BCUT2D eigenvalue weighted by atomic mass is 9.46. The van der Waals surface area contributed by atoms with Gasteiger partial charge in [-0.15, -0.1) is 0 Å². The minimum absolute atomic E-state index is 0.0578. The highest BCUT2D eigenvalue weighted by Crippen LogP contribution is 2.75. The van der Waals surface area contributed by atoms with Crippen LogP contribution in [0.4, 0.5) is 0 Å². The Bertz CT molecular complexity index is 1490. The summed E-state index contributed by atoms with van der Waals surface area (Å²) in [6.07, 6.45) is -5.10. The number of fused-ring (bicyclic) bond motifs is 4. The van der Waals surface area contributed by atoms with Crippen molar-refractivity contribution < 1.29 is 57.6 Å². The number of Topliss-reactive ketones (excluding diaryl/α,β-unsaturated/α-hetero) is 1. The van der Waals surface area contributed by atoms with E-state index in [1.54, 1.807) is 44.2 Å². The van der Waals surface area contributed by atoms with Crippen LogP contribution in [0.5, 0.6) is 0 Å². The highest BCUT2D eigenvalue weighted by molar-refractivity contribution is 5.90. The lowest BCUT2D eigenvalue weighted by molar-refractivity contribution is -0.308. The monoisotopic (exact) mass is 656 g/mol. The number of hydrogen-bond acceptors (Lipinski definition) is 12. The fraction of sp³-hybridized carbons (Fsp3) is 0.657. The van der Waals surface area contributed by atoms with Gasteiger partial charge < -0.3 is 28.8 Å². The van der Waals surface area contributed by atoms with E-state index in [-0.39, 0.29) is 24.4 Å². The van der Waals surface area contributed by atoms with Crippen molar-refractivity contribution in [1.29, 1.82) is 0 Å². The maximum absolute atomic E-state index is 14.0. The number of carbonyl (C=O) groups is 6. The van der Waals surface area contributed by atoms with Crippen molar-refractivity contribution in [2.75, 3.05) is 6.61 Å². The van der Waals surface area contributed by atoms with Gasteiger partial charge in [-0.1, -0.05) is 45.9 Å². The van der Waals surface area contributed by atoms with Crippen molar-refractivity contribution >= 4 is 35.6 Å². The molecule has 4 fully saturated rings. The molecule has 4 aliphatic rings. The van der Waals surface area contributed by atoms with E-state index in [0.29, 0.717) is 6.42 Å². The van der Waals surface area contributed by atoms with Crippen LogP contribution in [0.25, 0.3) is 0 Å². The zero-order valence-electron chi connectivity index (χ0n) is 28.1. The topological polar surface area (TPSA) is 169 Å². The average Bonchev–Trinajstić information content (AvgIpc) is 3.45. The van der Waals surface area contributed by atoms with E-state index in [4.69, 9.17) is 23.7 Å². The van der Waals surface area contributed by atoms with Gasteiger partial charge in [0.2, 0.25) is 0 Å². The molecule has 5 rings (SSSR count). The van der Waals surface area contributed by atoms with Crippen molar-refractivity contribution in [1.82, 2.24) is 0 Å². The van der Waals surface area contributed by atoms with Crippen LogP contribution >= 0.6 is 0 Å². The standard InChI is InChI=1S/C35H44O12/c1-17-26(47-30(41)22-12-10-9-11-13-22)25-29(45-20(4)38)34(16-43-18(2)36)14-23-24(15-32(6,7)27(23)40)33(34,8)31(46-21(5)39)35(25,42)28(17)44-19(3)37/h9-13,17,23-26,28-29,31,42H,14-16H2,1-8H3/t17-,23-,24-,25-,26+,28-,29-,31-,33-,34-,35+/m0/s1. The highest BCUT2D eigenvalue weighted by Gasteiger charge is 2.85. The summed E-state index contributed by atoms with van der Waals surface area (Å²) in [4.78, 5) is 78.5. The van der Waals surface area contributed by atoms with Crippen LogP contribution in [0.2, 0.25) is 0 Å². The number of esters is 5. The van der Waals surface area contributed by atoms with Crippen LogP contribution < -0.4 is 0 Å². The van der Waals surface area contributed by atoms with E-state index in [1.807, 2.05) is 13.8 Å². The molecule has 0 heterocycles. The summed E-state index contributed by atoms with van der Waals surface area (Å²) >= 11 is 0. The first-order valence-corrected chi connectivity index (χ1v) is 16.0. The predicted molar refractivity (Wildman–Crippen MR) is 162 cm³/mol. The van der Waals surface area contributed by atoms with E-state index in [2.05, 4.69) is 0 Å². The zero-order valence-corrected chi connectivity index (χ0v) is 28.1. The molecule has 4 saturated carbocycles. The number of benzene rings is 1. The first-order chi connectivity index (χ1) is 21.8. The molecule has 0 aliphatic heterocycles. The third kappa shape index (κ3) is 5.14. The van der Waals surface area contributed by atoms with Crippen LogP contribution in [0.15, 0.2) is 30.3 Å². The van der Waals surface area contributed by atoms with Gasteiger partial charge >= 0.3 is 29.8 Å². The van der Waals surface area contributed by atoms with E-state index >= 15 is 0 Å². The van der Waals surface area contributed by atoms with E-state index in [9.17, 15) is 33.9 Å². The van der Waals surface area contributed by atoms with Gasteiger partial charge in [-0.2, -0.15) is 0 Å². The molecule has 1 aromatic rings. The summed E-state index contributed by atoms with van der Waals surface area (Å²) in [6.45, 7) is 11.4. The maximum atomic E-state index is 14.0. The van der Waals surface area contributed by atoms with Crippen LogP contribution in [-0.4, -0.2) is 77.4 Å². The second kappa shape index (κ2) is 11.7. The molecule has 4 aliphatic carbocycles. The summed E-state index contributed by atoms with van der Waals surface area (Å²) < 4.78 is 29.9. The summed E-state index contributed by atoms with van der Waals surface area (Å²) in [6, 6.07) is 8.14. The van der Waals surface area contributed by atoms with Crippen molar-refractivity contribution in [3.63, 3.8) is 0 Å². The second-order valence-corrected chi connectivity index (χ2v) is 14.6. The number of ketones is 1. The Morgan fingerprint density at radius 1 is 0.809 bits per heavy atom. The Morgan fingerprint density at radius 3 is 1.94 bits per heavy atom. The highest BCUT2D eigenvalue weighted by atomic mass is 16.6. The van der Waals surface area contributed by atoms with Gasteiger partial charge in [0.25, 0.3) is 0 Å². The largest absolute Gasteiger partial charge is 0.465 e. The number of rotatable bonds is 7. The molecule has 0 saturated heterocycles. The Labute approximate surface area is 273 Å². The van der Waals surface area contributed by atoms with Crippen LogP contribution in [0.3, 0.4) is 0 Å². The molecule has 0 radical (unpaired) electrons. The molecule has 0 spiro atoms. The molecule has 12 nitrogen and oxygen atoms in total. The predicted octanol–water partition coefficient (Wildman–Crippen LogP) is 3.21. The lowest BCUT2D eigenvalue weighted by Crippen LogP contribution is -2.76.